The molecule has 0 bridgehead atoms. The Labute approximate surface area is 208 Å². The summed E-state index contributed by atoms with van der Waals surface area (Å²) in [7, 11) is 1.62. The van der Waals surface area contributed by atoms with E-state index < -0.39 is 0 Å². The van der Waals surface area contributed by atoms with E-state index in [2.05, 4.69) is 20.7 Å². The summed E-state index contributed by atoms with van der Waals surface area (Å²) in [5, 5.41) is 5.66. The topological polar surface area (TPSA) is 91.2 Å². The number of pyridine rings is 2. The maximum Gasteiger partial charge on any atom is 0.274 e. The number of nitrogens with one attached hydrogen (secondary N) is 1. The van der Waals surface area contributed by atoms with E-state index in [1.165, 1.54) is 11.3 Å². The van der Waals surface area contributed by atoms with E-state index in [0.29, 0.717) is 29.2 Å². The van der Waals surface area contributed by atoms with Gasteiger partial charge in [-0.05, 0) is 61.6 Å². The molecular formula is C26H27N5O3S. The van der Waals surface area contributed by atoms with Crippen molar-refractivity contribution in [3.05, 3.63) is 83.5 Å². The number of carbonyl (C=O) groups excluding carboxylic acids is 1. The van der Waals surface area contributed by atoms with Crippen LogP contribution in [-0.2, 0) is 6.54 Å². The van der Waals surface area contributed by atoms with Gasteiger partial charge in [-0.25, -0.2) is 9.97 Å². The number of amides is 1. The zero-order valence-electron chi connectivity index (χ0n) is 19.5. The Bertz CT molecular complexity index is 1250. The molecule has 4 heterocycles. The highest BCUT2D eigenvalue weighted by atomic mass is 32.1. The van der Waals surface area contributed by atoms with Crippen LogP contribution in [-0.4, -0.2) is 38.6 Å². The van der Waals surface area contributed by atoms with Crippen molar-refractivity contribution in [2.45, 2.75) is 44.2 Å². The molecule has 0 unspecified atom stereocenters. The summed E-state index contributed by atoms with van der Waals surface area (Å²) in [6.45, 7) is 0.610. The van der Waals surface area contributed by atoms with Crippen molar-refractivity contribution < 1.29 is 14.3 Å². The number of hydrogen-bond donors (Lipinski definition) is 1. The van der Waals surface area contributed by atoms with Gasteiger partial charge in [-0.3, -0.25) is 15.1 Å². The molecule has 1 aliphatic rings. The maximum atomic E-state index is 12.9. The molecule has 9 heteroatoms. The van der Waals surface area contributed by atoms with E-state index in [0.717, 1.165) is 42.7 Å². The molecule has 1 N–H and O–H groups in total. The van der Waals surface area contributed by atoms with Crippen molar-refractivity contribution in [1.29, 1.82) is 0 Å². The summed E-state index contributed by atoms with van der Waals surface area (Å²) in [5.74, 6) is 1.56. The maximum absolute atomic E-state index is 12.9. The van der Waals surface area contributed by atoms with Crippen LogP contribution in [0.15, 0.2) is 66.6 Å². The largest absolute Gasteiger partial charge is 0.495 e. The second-order valence-corrected chi connectivity index (χ2v) is 9.39. The molecule has 0 aromatic carbocycles. The lowest BCUT2D eigenvalue weighted by Gasteiger charge is -2.27. The Balaban J connectivity index is 1.15. The summed E-state index contributed by atoms with van der Waals surface area (Å²) >= 11 is 1.47. The molecule has 1 saturated carbocycles. The SMILES string of the molecule is COc1ccc(O[C@H]2CC[C@@H](c3csc(NC(=O)c4cccn4Cc4ccncc4)n3)CC2)nc1. The minimum atomic E-state index is -0.158. The van der Waals surface area contributed by atoms with E-state index in [4.69, 9.17) is 14.5 Å². The van der Waals surface area contributed by atoms with Crippen LogP contribution >= 0.6 is 11.3 Å². The van der Waals surface area contributed by atoms with Gasteiger partial charge in [0, 0.05) is 42.5 Å². The molecule has 0 atom stereocenters. The monoisotopic (exact) mass is 489 g/mol. The second-order valence-electron chi connectivity index (χ2n) is 8.54. The fraction of sp³-hybridized carbons (Fsp3) is 0.308. The van der Waals surface area contributed by atoms with Gasteiger partial charge >= 0.3 is 0 Å². The highest BCUT2D eigenvalue weighted by molar-refractivity contribution is 7.14. The normalized spacial score (nSPS) is 17.6. The smallest absolute Gasteiger partial charge is 0.274 e. The molecule has 0 aliphatic heterocycles. The zero-order valence-corrected chi connectivity index (χ0v) is 20.3. The first kappa shape index (κ1) is 23.0. The molecule has 1 aliphatic carbocycles. The summed E-state index contributed by atoms with van der Waals surface area (Å²) in [6, 6.07) is 11.3. The Kier molecular flexibility index (Phi) is 7.04. The zero-order chi connectivity index (χ0) is 24.0. The summed E-state index contributed by atoms with van der Waals surface area (Å²) < 4.78 is 13.1. The first-order chi connectivity index (χ1) is 17.2. The Morgan fingerprint density at radius 3 is 2.71 bits per heavy atom. The Morgan fingerprint density at radius 1 is 1.14 bits per heavy atom. The van der Waals surface area contributed by atoms with Gasteiger partial charge < -0.3 is 14.0 Å². The lowest BCUT2D eigenvalue weighted by Crippen LogP contribution is -2.24. The molecule has 5 rings (SSSR count). The van der Waals surface area contributed by atoms with Gasteiger partial charge in [0.1, 0.15) is 17.5 Å². The highest BCUT2D eigenvalue weighted by Crippen LogP contribution is 2.35. The molecule has 8 nitrogen and oxygen atoms in total. The number of nitrogens with zero attached hydrogens (tertiary/aromatic N) is 4. The second kappa shape index (κ2) is 10.7. The number of methoxy groups -OCH3 is 1. The molecule has 35 heavy (non-hydrogen) atoms. The lowest BCUT2D eigenvalue weighted by atomic mass is 9.86. The average Bonchev–Trinajstić information content (AvgIpc) is 3.55. The van der Waals surface area contributed by atoms with E-state index >= 15 is 0 Å². The summed E-state index contributed by atoms with van der Waals surface area (Å²) in [4.78, 5) is 26.0. The van der Waals surface area contributed by atoms with E-state index in [1.54, 1.807) is 25.7 Å². The number of anilines is 1. The van der Waals surface area contributed by atoms with Crippen LogP contribution in [0.5, 0.6) is 11.6 Å². The Hall–Kier alpha value is -3.72. The van der Waals surface area contributed by atoms with E-state index in [1.807, 2.05) is 47.2 Å². The van der Waals surface area contributed by atoms with Crippen LogP contribution in [0.1, 0.15) is 53.3 Å². The van der Waals surface area contributed by atoms with Crippen molar-refractivity contribution >= 4 is 22.4 Å². The van der Waals surface area contributed by atoms with Crippen molar-refractivity contribution in [2.75, 3.05) is 12.4 Å². The molecule has 0 saturated heterocycles. The van der Waals surface area contributed by atoms with Gasteiger partial charge in [-0.15, -0.1) is 11.3 Å². The third-order valence-corrected chi connectivity index (χ3v) is 7.01. The average molecular weight is 490 g/mol. The summed E-state index contributed by atoms with van der Waals surface area (Å²) in [6.07, 6.45) is 11.1. The molecule has 4 aromatic heterocycles. The molecule has 4 aromatic rings. The van der Waals surface area contributed by atoms with Gasteiger partial charge in [0.15, 0.2) is 5.13 Å². The minimum Gasteiger partial charge on any atom is -0.495 e. The lowest BCUT2D eigenvalue weighted by molar-refractivity contribution is 0.101. The van der Waals surface area contributed by atoms with Gasteiger partial charge in [0.05, 0.1) is 19.0 Å². The number of thiazole rings is 1. The first-order valence-electron chi connectivity index (χ1n) is 11.7. The number of carbonyl (C=O) groups is 1. The standard InChI is InChI=1S/C26H27N5O3S/c1-33-21-8-9-24(28-15-21)34-20-6-4-19(5-7-20)22-17-35-26(29-22)30-25(32)23-3-2-14-31(23)16-18-10-12-27-13-11-18/h2-3,8-15,17,19-20H,4-7,16H2,1H3,(H,29,30,32)/t19-,20+. The highest BCUT2D eigenvalue weighted by Gasteiger charge is 2.26. The van der Waals surface area contributed by atoms with Crippen LogP contribution in [0.4, 0.5) is 5.13 Å². The number of rotatable bonds is 8. The van der Waals surface area contributed by atoms with Crippen molar-refractivity contribution in [3.8, 4) is 11.6 Å². The predicted molar refractivity (Wildman–Crippen MR) is 134 cm³/mol. The third kappa shape index (κ3) is 5.68. The van der Waals surface area contributed by atoms with Gasteiger partial charge in [-0.1, -0.05) is 0 Å². The fourth-order valence-corrected chi connectivity index (χ4v) is 5.13. The van der Waals surface area contributed by atoms with E-state index in [9.17, 15) is 4.79 Å². The van der Waals surface area contributed by atoms with Gasteiger partial charge in [-0.2, -0.15) is 0 Å². The van der Waals surface area contributed by atoms with Crippen molar-refractivity contribution in [1.82, 2.24) is 19.5 Å². The third-order valence-electron chi connectivity index (χ3n) is 6.23. The van der Waals surface area contributed by atoms with Crippen LogP contribution in [0.2, 0.25) is 0 Å². The first-order valence-corrected chi connectivity index (χ1v) is 12.5. The van der Waals surface area contributed by atoms with Crippen molar-refractivity contribution in [2.24, 2.45) is 0 Å². The Morgan fingerprint density at radius 2 is 1.97 bits per heavy atom. The molecule has 1 amide bonds. The van der Waals surface area contributed by atoms with Crippen LogP contribution < -0.4 is 14.8 Å². The number of ether oxygens (including phenoxy) is 2. The molecular weight excluding hydrogens is 462 g/mol. The number of aromatic nitrogens is 4. The minimum absolute atomic E-state index is 0.151. The van der Waals surface area contributed by atoms with Crippen molar-refractivity contribution in [3.63, 3.8) is 0 Å². The van der Waals surface area contributed by atoms with Crippen LogP contribution in [0.3, 0.4) is 0 Å². The van der Waals surface area contributed by atoms with Crippen LogP contribution in [0.25, 0.3) is 0 Å². The quantitative estimate of drug-likeness (QED) is 0.368. The number of hydrogen-bond acceptors (Lipinski definition) is 7. The molecule has 180 valence electrons. The molecule has 0 spiro atoms. The van der Waals surface area contributed by atoms with Gasteiger partial charge in [0.2, 0.25) is 5.88 Å². The molecule has 0 radical (unpaired) electrons. The van der Waals surface area contributed by atoms with Gasteiger partial charge in [0.25, 0.3) is 5.91 Å². The fourth-order valence-electron chi connectivity index (χ4n) is 4.34. The van der Waals surface area contributed by atoms with E-state index in [-0.39, 0.29) is 12.0 Å². The summed E-state index contributed by atoms with van der Waals surface area (Å²) in [5.41, 5.74) is 2.73. The predicted octanol–water partition coefficient (Wildman–Crippen LogP) is 5.15. The van der Waals surface area contributed by atoms with Crippen LogP contribution in [0, 0.1) is 0 Å². The molecule has 1 fully saturated rings.